The summed E-state index contributed by atoms with van der Waals surface area (Å²) in [5.41, 5.74) is 6.87. The molecule has 0 saturated carbocycles. The second-order valence-electron chi connectivity index (χ2n) is 5.10. The summed E-state index contributed by atoms with van der Waals surface area (Å²) in [5, 5.41) is 9.45. The van der Waals surface area contributed by atoms with Gasteiger partial charge in [-0.2, -0.15) is 0 Å². The first kappa shape index (κ1) is 12.0. The van der Waals surface area contributed by atoms with Gasteiger partial charge in [0.25, 0.3) is 0 Å². The van der Waals surface area contributed by atoms with Gasteiger partial charge in [-0.15, -0.1) is 0 Å². The van der Waals surface area contributed by atoms with Crippen molar-refractivity contribution in [1.82, 2.24) is 0 Å². The van der Waals surface area contributed by atoms with Gasteiger partial charge in [-0.05, 0) is 46.4 Å². The lowest BCUT2D eigenvalue weighted by atomic mass is 9.92. The molecule has 0 bridgehead atoms. The van der Waals surface area contributed by atoms with Crippen LogP contribution in [0.3, 0.4) is 0 Å². The number of aromatic hydroxyl groups is 1. The molecule has 0 radical (unpaired) electrons. The standard InChI is InChI=1S/C18H18O/c1-3-15-17-7-5-4-6-16(17)12(2)18(15)13-8-10-14(19)11-9-13/h4-12,19H,3H2,1-2H3/t12-/m0/s1. The Bertz CT molecular complexity index is 635. The van der Waals surface area contributed by atoms with E-state index in [1.165, 1.54) is 27.8 Å². The molecule has 0 saturated heterocycles. The SMILES string of the molecule is CCC1=C(c2ccc(O)cc2)[C@@H](C)c2ccccc21. The highest BCUT2D eigenvalue weighted by Gasteiger charge is 2.27. The fourth-order valence-corrected chi connectivity index (χ4v) is 3.16. The maximum Gasteiger partial charge on any atom is 0.115 e. The smallest absolute Gasteiger partial charge is 0.115 e. The monoisotopic (exact) mass is 250 g/mol. The minimum Gasteiger partial charge on any atom is -0.508 e. The molecule has 0 unspecified atom stereocenters. The summed E-state index contributed by atoms with van der Waals surface area (Å²) < 4.78 is 0. The Morgan fingerprint density at radius 1 is 1.00 bits per heavy atom. The van der Waals surface area contributed by atoms with Crippen LogP contribution in [0.15, 0.2) is 48.5 Å². The topological polar surface area (TPSA) is 20.2 Å². The average molecular weight is 250 g/mol. The van der Waals surface area contributed by atoms with Crippen LogP contribution in [0.1, 0.15) is 42.9 Å². The van der Waals surface area contributed by atoms with Gasteiger partial charge in [-0.3, -0.25) is 0 Å². The molecule has 1 heteroatoms. The molecule has 96 valence electrons. The Labute approximate surface area is 114 Å². The number of hydrogen-bond acceptors (Lipinski definition) is 1. The number of hydrogen-bond donors (Lipinski definition) is 1. The van der Waals surface area contributed by atoms with E-state index < -0.39 is 0 Å². The first-order chi connectivity index (χ1) is 9.22. The van der Waals surface area contributed by atoms with Gasteiger partial charge in [-0.25, -0.2) is 0 Å². The zero-order chi connectivity index (χ0) is 13.4. The van der Waals surface area contributed by atoms with Crippen molar-refractivity contribution >= 4 is 11.1 Å². The molecule has 1 N–H and O–H groups in total. The van der Waals surface area contributed by atoms with E-state index >= 15 is 0 Å². The molecule has 1 nitrogen and oxygen atoms in total. The van der Waals surface area contributed by atoms with E-state index in [0.29, 0.717) is 11.7 Å². The molecule has 0 aromatic heterocycles. The molecule has 0 aliphatic heterocycles. The highest BCUT2D eigenvalue weighted by Crippen LogP contribution is 2.47. The lowest BCUT2D eigenvalue weighted by Crippen LogP contribution is -1.93. The molecule has 2 aromatic carbocycles. The molecule has 0 spiro atoms. The number of benzene rings is 2. The lowest BCUT2D eigenvalue weighted by molar-refractivity contribution is 0.475. The van der Waals surface area contributed by atoms with Crippen molar-refractivity contribution in [1.29, 1.82) is 0 Å². The van der Waals surface area contributed by atoms with Gasteiger partial charge in [0.2, 0.25) is 0 Å². The molecular formula is C18H18O. The maximum absolute atomic E-state index is 9.45. The van der Waals surface area contributed by atoms with Gasteiger partial charge in [0.15, 0.2) is 0 Å². The molecule has 0 amide bonds. The Hall–Kier alpha value is -2.02. The third kappa shape index (κ3) is 1.86. The zero-order valence-electron chi connectivity index (χ0n) is 11.4. The zero-order valence-corrected chi connectivity index (χ0v) is 11.4. The number of rotatable bonds is 2. The third-order valence-electron chi connectivity index (χ3n) is 4.04. The van der Waals surface area contributed by atoms with E-state index in [0.717, 1.165) is 6.42 Å². The fraction of sp³-hybridized carbons (Fsp3) is 0.222. The fourth-order valence-electron chi connectivity index (χ4n) is 3.16. The molecule has 2 aromatic rings. The van der Waals surface area contributed by atoms with Crippen molar-refractivity contribution in [2.75, 3.05) is 0 Å². The molecule has 1 atom stereocenters. The minimum absolute atomic E-state index is 0.325. The van der Waals surface area contributed by atoms with E-state index in [1.54, 1.807) is 12.1 Å². The minimum atomic E-state index is 0.325. The van der Waals surface area contributed by atoms with Gasteiger partial charge in [0.05, 0.1) is 0 Å². The Morgan fingerprint density at radius 2 is 1.68 bits per heavy atom. The molecule has 0 fully saturated rings. The Kier molecular flexibility index (Phi) is 2.90. The molecule has 1 aliphatic rings. The predicted molar refractivity (Wildman–Crippen MR) is 80.1 cm³/mol. The summed E-state index contributed by atoms with van der Waals surface area (Å²) in [6.07, 6.45) is 1.04. The van der Waals surface area contributed by atoms with Gasteiger partial charge in [-0.1, -0.05) is 50.2 Å². The molecule has 19 heavy (non-hydrogen) atoms. The molecular weight excluding hydrogens is 232 g/mol. The van der Waals surface area contributed by atoms with E-state index in [2.05, 4.69) is 38.1 Å². The van der Waals surface area contributed by atoms with Crippen LogP contribution in [-0.4, -0.2) is 5.11 Å². The highest BCUT2D eigenvalue weighted by molar-refractivity contribution is 5.99. The Balaban J connectivity index is 2.17. The van der Waals surface area contributed by atoms with Crippen LogP contribution in [0.4, 0.5) is 0 Å². The van der Waals surface area contributed by atoms with Gasteiger partial charge >= 0.3 is 0 Å². The van der Waals surface area contributed by atoms with Gasteiger partial charge in [0, 0.05) is 5.92 Å². The first-order valence-corrected chi connectivity index (χ1v) is 6.84. The van der Waals surface area contributed by atoms with Crippen molar-refractivity contribution in [3.05, 3.63) is 65.2 Å². The van der Waals surface area contributed by atoms with Crippen molar-refractivity contribution in [2.45, 2.75) is 26.2 Å². The van der Waals surface area contributed by atoms with Crippen LogP contribution in [0.25, 0.3) is 11.1 Å². The summed E-state index contributed by atoms with van der Waals surface area (Å²) in [7, 11) is 0. The first-order valence-electron chi connectivity index (χ1n) is 6.84. The summed E-state index contributed by atoms with van der Waals surface area (Å²) in [6, 6.07) is 16.2. The largest absolute Gasteiger partial charge is 0.508 e. The van der Waals surface area contributed by atoms with Crippen molar-refractivity contribution in [3.8, 4) is 5.75 Å². The summed E-state index contributed by atoms with van der Waals surface area (Å²) in [6.45, 7) is 4.48. The van der Waals surface area contributed by atoms with Gasteiger partial charge < -0.3 is 5.11 Å². The van der Waals surface area contributed by atoms with Crippen LogP contribution in [0.2, 0.25) is 0 Å². The molecule has 3 rings (SSSR count). The van der Waals surface area contributed by atoms with Crippen LogP contribution in [0, 0.1) is 0 Å². The normalized spacial score (nSPS) is 17.7. The Morgan fingerprint density at radius 3 is 2.37 bits per heavy atom. The van der Waals surface area contributed by atoms with Crippen LogP contribution in [0.5, 0.6) is 5.75 Å². The molecule has 0 heterocycles. The molecule has 1 aliphatic carbocycles. The van der Waals surface area contributed by atoms with E-state index in [4.69, 9.17) is 0 Å². The quantitative estimate of drug-likeness (QED) is 0.809. The number of fused-ring (bicyclic) bond motifs is 1. The number of allylic oxidation sites excluding steroid dienone is 2. The van der Waals surface area contributed by atoms with Crippen LogP contribution >= 0.6 is 0 Å². The van der Waals surface area contributed by atoms with E-state index in [-0.39, 0.29) is 0 Å². The van der Waals surface area contributed by atoms with Crippen molar-refractivity contribution < 1.29 is 5.11 Å². The predicted octanol–water partition coefficient (Wildman–Crippen LogP) is 4.83. The third-order valence-corrected chi connectivity index (χ3v) is 4.04. The van der Waals surface area contributed by atoms with E-state index in [9.17, 15) is 5.11 Å². The van der Waals surface area contributed by atoms with Gasteiger partial charge in [0.1, 0.15) is 5.75 Å². The second-order valence-corrected chi connectivity index (χ2v) is 5.10. The summed E-state index contributed by atoms with van der Waals surface area (Å²) >= 11 is 0. The van der Waals surface area contributed by atoms with Crippen LogP contribution in [-0.2, 0) is 0 Å². The summed E-state index contributed by atoms with van der Waals surface area (Å²) in [5.74, 6) is 0.751. The number of phenolic OH excluding ortho intramolecular Hbond substituents is 1. The number of phenols is 1. The van der Waals surface area contributed by atoms with Crippen LogP contribution < -0.4 is 0 Å². The van der Waals surface area contributed by atoms with Crippen molar-refractivity contribution in [2.24, 2.45) is 0 Å². The second kappa shape index (κ2) is 4.58. The van der Waals surface area contributed by atoms with Crippen molar-refractivity contribution in [3.63, 3.8) is 0 Å². The highest BCUT2D eigenvalue weighted by atomic mass is 16.3. The van der Waals surface area contributed by atoms with E-state index in [1.807, 2.05) is 12.1 Å². The average Bonchev–Trinajstić information content (AvgIpc) is 2.73. The summed E-state index contributed by atoms with van der Waals surface area (Å²) in [4.78, 5) is 0. The maximum atomic E-state index is 9.45. The lowest BCUT2D eigenvalue weighted by Gasteiger charge is -2.12.